The fraction of sp³-hybridized carbons (Fsp3) is 0.600. The van der Waals surface area contributed by atoms with Crippen molar-refractivity contribution in [2.24, 2.45) is 0 Å². The van der Waals surface area contributed by atoms with Crippen LogP contribution >= 0.6 is 0 Å². The molecule has 0 heterocycles. The summed E-state index contributed by atoms with van der Waals surface area (Å²) in [5.74, 6) is 0. The number of unbranched alkanes of at least 4 members (excludes halogenated alkanes) is 4. The third-order valence-corrected chi connectivity index (χ3v) is 1.29. The molecular formula is C10H16O4. The van der Waals surface area contributed by atoms with Crippen LogP contribution in [0, 0.1) is 0 Å². The summed E-state index contributed by atoms with van der Waals surface area (Å²) >= 11 is 0. The van der Waals surface area contributed by atoms with Crippen LogP contribution in [0.3, 0.4) is 0 Å². The zero-order chi connectivity index (χ0) is 11.1. The van der Waals surface area contributed by atoms with Gasteiger partial charge in [-0.2, -0.15) is 0 Å². The second-order valence-corrected chi connectivity index (χ2v) is 2.53. The molecule has 0 spiro atoms. The smallest absolute Gasteiger partial charge is 0.120 e. The van der Waals surface area contributed by atoms with E-state index in [1.54, 1.807) is 0 Å². The highest BCUT2D eigenvalue weighted by Gasteiger charge is 1.80. The van der Waals surface area contributed by atoms with Crippen LogP contribution < -0.4 is 0 Å². The van der Waals surface area contributed by atoms with E-state index >= 15 is 0 Å². The van der Waals surface area contributed by atoms with Crippen LogP contribution in [-0.2, 0) is 19.2 Å². The molecule has 4 heteroatoms. The van der Waals surface area contributed by atoms with E-state index in [4.69, 9.17) is 0 Å². The third-order valence-electron chi connectivity index (χ3n) is 1.29. The van der Waals surface area contributed by atoms with E-state index < -0.39 is 0 Å². The van der Waals surface area contributed by atoms with Crippen molar-refractivity contribution < 1.29 is 19.2 Å². The lowest BCUT2D eigenvalue weighted by Gasteiger charge is -1.78. The van der Waals surface area contributed by atoms with Crippen molar-refractivity contribution in [1.82, 2.24) is 0 Å². The fourth-order valence-electron chi connectivity index (χ4n) is 0.569. The summed E-state index contributed by atoms with van der Waals surface area (Å²) in [7, 11) is 0. The Morgan fingerprint density at radius 2 is 0.714 bits per heavy atom. The SMILES string of the molecule is O=CCCCC=O.O=CCCCC=O. The molecule has 0 aromatic heterocycles. The number of rotatable bonds is 8. The second-order valence-electron chi connectivity index (χ2n) is 2.53. The zero-order valence-corrected chi connectivity index (χ0v) is 8.19. The second kappa shape index (κ2) is 17.7. The Morgan fingerprint density at radius 3 is 0.857 bits per heavy atom. The van der Waals surface area contributed by atoms with Crippen molar-refractivity contribution in [3.8, 4) is 0 Å². The largest absolute Gasteiger partial charge is 0.303 e. The molecule has 0 aliphatic heterocycles. The van der Waals surface area contributed by atoms with E-state index in [1.807, 2.05) is 0 Å². The first-order valence-corrected chi connectivity index (χ1v) is 4.58. The molecule has 0 aliphatic carbocycles. The predicted molar refractivity (Wildman–Crippen MR) is 52.0 cm³/mol. The van der Waals surface area contributed by atoms with Crippen molar-refractivity contribution in [3.63, 3.8) is 0 Å². The van der Waals surface area contributed by atoms with Crippen molar-refractivity contribution in [1.29, 1.82) is 0 Å². The van der Waals surface area contributed by atoms with E-state index in [0.29, 0.717) is 38.5 Å². The minimum atomic E-state index is 0.513. The van der Waals surface area contributed by atoms with Gasteiger partial charge in [-0.25, -0.2) is 0 Å². The first kappa shape index (κ1) is 15.2. The minimum absolute atomic E-state index is 0.513. The Kier molecular flexibility index (Phi) is 19.2. The van der Waals surface area contributed by atoms with E-state index in [-0.39, 0.29) is 0 Å². The molecule has 0 unspecified atom stereocenters. The van der Waals surface area contributed by atoms with Gasteiger partial charge in [0.1, 0.15) is 25.1 Å². The maximum atomic E-state index is 9.56. The van der Waals surface area contributed by atoms with Gasteiger partial charge in [0.25, 0.3) is 0 Å². The number of hydrogen-bond donors (Lipinski definition) is 0. The monoisotopic (exact) mass is 200 g/mol. The molecule has 0 N–H and O–H groups in total. The molecule has 0 fully saturated rings. The van der Waals surface area contributed by atoms with Gasteiger partial charge in [-0.3, -0.25) is 0 Å². The lowest BCUT2D eigenvalue weighted by atomic mass is 10.3. The van der Waals surface area contributed by atoms with Crippen LogP contribution in [0.4, 0.5) is 0 Å². The van der Waals surface area contributed by atoms with Crippen LogP contribution in [0.15, 0.2) is 0 Å². The Hall–Kier alpha value is -1.32. The molecule has 0 rings (SSSR count). The van der Waals surface area contributed by atoms with Crippen LogP contribution in [0.1, 0.15) is 38.5 Å². The molecular weight excluding hydrogens is 184 g/mol. The van der Waals surface area contributed by atoms with E-state index in [0.717, 1.165) is 25.1 Å². The van der Waals surface area contributed by atoms with Crippen molar-refractivity contribution in [2.75, 3.05) is 0 Å². The summed E-state index contributed by atoms with van der Waals surface area (Å²) in [4.78, 5) is 38.3. The number of hydrogen-bond acceptors (Lipinski definition) is 4. The quantitative estimate of drug-likeness (QED) is 0.434. The van der Waals surface area contributed by atoms with Gasteiger partial charge in [0.2, 0.25) is 0 Å². The molecule has 0 aliphatic rings. The van der Waals surface area contributed by atoms with Gasteiger partial charge >= 0.3 is 0 Å². The first-order chi connectivity index (χ1) is 6.83. The number of carbonyl (C=O) groups is 4. The molecule has 0 saturated heterocycles. The highest BCUT2D eigenvalue weighted by atomic mass is 16.1. The van der Waals surface area contributed by atoms with Gasteiger partial charge in [-0.15, -0.1) is 0 Å². The average molecular weight is 200 g/mol. The van der Waals surface area contributed by atoms with Gasteiger partial charge in [0.15, 0.2) is 0 Å². The Labute approximate surface area is 83.7 Å². The molecule has 0 amide bonds. The van der Waals surface area contributed by atoms with Gasteiger partial charge in [-0.05, 0) is 12.8 Å². The fourth-order valence-corrected chi connectivity index (χ4v) is 0.569. The molecule has 14 heavy (non-hydrogen) atoms. The first-order valence-electron chi connectivity index (χ1n) is 4.58. The Balaban J connectivity index is 0. The van der Waals surface area contributed by atoms with Crippen LogP contribution in [0.25, 0.3) is 0 Å². The molecule has 0 atom stereocenters. The molecule has 4 nitrogen and oxygen atoms in total. The maximum Gasteiger partial charge on any atom is 0.120 e. The highest BCUT2D eigenvalue weighted by molar-refractivity contribution is 5.53. The Bertz CT molecular complexity index is 120. The summed E-state index contributed by atoms with van der Waals surface area (Å²) in [6, 6.07) is 0. The maximum absolute atomic E-state index is 9.56. The van der Waals surface area contributed by atoms with Crippen LogP contribution in [0.5, 0.6) is 0 Å². The number of aldehydes is 4. The van der Waals surface area contributed by atoms with Gasteiger partial charge in [-0.1, -0.05) is 0 Å². The van der Waals surface area contributed by atoms with Gasteiger partial charge < -0.3 is 19.2 Å². The van der Waals surface area contributed by atoms with Gasteiger partial charge in [0.05, 0.1) is 0 Å². The van der Waals surface area contributed by atoms with Crippen molar-refractivity contribution in [3.05, 3.63) is 0 Å². The summed E-state index contributed by atoms with van der Waals surface area (Å²) < 4.78 is 0. The van der Waals surface area contributed by atoms with Crippen LogP contribution in [-0.4, -0.2) is 25.1 Å². The van der Waals surface area contributed by atoms with Crippen molar-refractivity contribution >= 4 is 25.1 Å². The topological polar surface area (TPSA) is 68.3 Å². The standard InChI is InChI=1S/2C5H8O2/c2*6-4-2-1-3-5-7/h2*4-5H,1-3H2. The summed E-state index contributed by atoms with van der Waals surface area (Å²) in [6.07, 6.45) is 6.74. The molecule has 0 bridgehead atoms. The predicted octanol–water partition coefficient (Wildman–Crippen LogP) is 1.11. The van der Waals surface area contributed by atoms with E-state index in [2.05, 4.69) is 0 Å². The minimum Gasteiger partial charge on any atom is -0.303 e. The third kappa shape index (κ3) is 22.4. The normalized spacial score (nSPS) is 8.00. The van der Waals surface area contributed by atoms with Crippen LogP contribution in [0.2, 0.25) is 0 Å². The highest BCUT2D eigenvalue weighted by Crippen LogP contribution is 1.86. The summed E-state index contributed by atoms with van der Waals surface area (Å²) in [6.45, 7) is 0. The molecule has 0 saturated carbocycles. The summed E-state index contributed by atoms with van der Waals surface area (Å²) in [5, 5.41) is 0. The average Bonchev–Trinajstić information content (AvgIpc) is 2.21. The molecule has 0 radical (unpaired) electrons. The van der Waals surface area contributed by atoms with Crippen molar-refractivity contribution in [2.45, 2.75) is 38.5 Å². The van der Waals surface area contributed by atoms with Gasteiger partial charge in [0, 0.05) is 25.7 Å². The Morgan fingerprint density at radius 1 is 0.500 bits per heavy atom. The molecule has 0 aromatic carbocycles. The van der Waals surface area contributed by atoms with E-state index in [1.165, 1.54) is 0 Å². The lowest BCUT2D eigenvalue weighted by Crippen LogP contribution is -1.76. The lowest BCUT2D eigenvalue weighted by molar-refractivity contribution is -0.110. The summed E-state index contributed by atoms with van der Waals surface area (Å²) in [5.41, 5.74) is 0. The van der Waals surface area contributed by atoms with E-state index in [9.17, 15) is 19.2 Å². The molecule has 80 valence electrons. The zero-order valence-electron chi connectivity index (χ0n) is 8.19. The molecule has 0 aromatic rings. The number of carbonyl (C=O) groups excluding carboxylic acids is 4.